The molecule has 0 bridgehead atoms. The molecule has 1 N–H and O–H groups in total. The number of nitrogens with zero attached hydrogens (tertiary/aromatic N) is 4. The number of piperazine rings is 1. The predicted octanol–water partition coefficient (Wildman–Crippen LogP) is 4.06. The molecular weight excluding hydrogens is 378 g/mol. The summed E-state index contributed by atoms with van der Waals surface area (Å²) < 4.78 is 0. The Balaban J connectivity index is 1.32. The Hall–Kier alpha value is -2.73. The number of fused-ring (bicyclic) bond motifs is 1. The molecule has 1 saturated heterocycles. The summed E-state index contributed by atoms with van der Waals surface area (Å²) in [5.74, 6) is 2.95. The van der Waals surface area contributed by atoms with Crippen LogP contribution in [-0.2, 0) is 13.0 Å². The number of nitrogens with one attached hydrogen (secondary N) is 1. The highest BCUT2D eigenvalue weighted by atomic mass is 32.2. The van der Waals surface area contributed by atoms with Crippen molar-refractivity contribution in [2.75, 3.05) is 47.0 Å². The van der Waals surface area contributed by atoms with Gasteiger partial charge in [0.05, 0.1) is 10.6 Å². The van der Waals surface area contributed by atoms with Crippen molar-refractivity contribution in [3.63, 3.8) is 0 Å². The molecule has 2 aliphatic rings. The fraction of sp³-hybridized carbons (Fsp3) is 0.304. The molecule has 3 heterocycles. The van der Waals surface area contributed by atoms with Crippen LogP contribution in [0.2, 0.25) is 0 Å². The third-order valence-electron chi connectivity index (χ3n) is 5.50. The van der Waals surface area contributed by atoms with Crippen molar-refractivity contribution in [3.8, 4) is 0 Å². The van der Waals surface area contributed by atoms with Gasteiger partial charge in [0, 0.05) is 50.6 Å². The van der Waals surface area contributed by atoms with Gasteiger partial charge >= 0.3 is 0 Å². The second-order valence-electron chi connectivity index (χ2n) is 7.40. The average molecular weight is 404 g/mol. The number of thioether (sulfide) groups is 1. The van der Waals surface area contributed by atoms with Crippen LogP contribution in [0.3, 0.4) is 0 Å². The molecule has 3 aromatic rings. The minimum atomic E-state index is 0.784. The smallest absolute Gasteiger partial charge is 0.227 e. The Kier molecular flexibility index (Phi) is 5.26. The number of hydrogen-bond donors (Lipinski definition) is 1. The predicted molar refractivity (Wildman–Crippen MR) is 121 cm³/mol. The Bertz CT molecular complexity index is 956. The molecule has 0 unspecified atom stereocenters. The van der Waals surface area contributed by atoms with Crippen LogP contribution in [0.1, 0.15) is 11.3 Å². The van der Waals surface area contributed by atoms with Gasteiger partial charge in [0.2, 0.25) is 5.95 Å². The number of aryl methyl sites for hydroxylation is 1. The molecule has 5 nitrogen and oxygen atoms in total. The van der Waals surface area contributed by atoms with E-state index in [9.17, 15) is 0 Å². The fourth-order valence-corrected chi connectivity index (χ4v) is 4.97. The third-order valence-corrected chi connectivity index (χ3v) is 6.62. The quantitative estimate of drug-likeness (QED) is 0.693. The van der Waals surface area contributed by atoms with Crippen molar-refractivity contribution in [2.24, 2.45) is 0 Å². The van der Waals surface area contributed by atoms with Crippen LogP contribution in [0, 0.1) is 0 Å². The van der Waals surface area contributed by atoms with Crippen molar-refractivity contribution in [1.29, 1.82) is 0 Å². The first-order chi connectivity index (χ1) is 14.4. The van der Waals surface area contributed by atoms with E-state index in [4.69, 9.17) is 9.97 Å². The van der Waals surface area contributed by atoms with Gasteiger partial charge in [-0.05, 0) is 17.7 Å². The molecule has 0 radical (unpaired) electrons. The van der Waals surface area contributed by atoms with Crippen LogP contribution < -0.4 is 15.1 Å². The van der Waals surface area contributed by atoms with E-state index >= 15 is 0 Å². The lowest BCUT2D eigenvalue weighted by Gasteiger charge is -2.36. The lowest BCUT2D eigenvalue weighted by Crippen LogP contribution is -2.47. The SMILES string of the molecule is c1ccc(CNc2nc(N3CCN(c4ccccc4)CC3)nc3c2SCC3)cc1. The van der Waals surface area contributed by atoms with Crippen LogP contribution in [0.15, 0.2) is 65.6 Å². The summed E-state index contributed by atoms with van der Waals surface area (Å²) in [4.78, 5) is 15.9. The minimum Gasteiger partial charge on any atom is -0.368 e. The molecule has 2 aliphatic heterocycles. The zero-order valence-corrected chi connectivity index (χ0v) is 17.2. The number of benzene rings is 2. The van der Waals surface area contributed by atoms with E-state index in [-0.39, 0.29) is 0 Å². The lowest BCUT2D eigenvalue weighted by atomic mass is 10.2. The van der Waals surface area contributed by atoms with Crippen LogP contribution in [-0.4, -0.2) is 41.9 Å². The van der Waals surface area contributed by atoms with Gasteiger partial charge < -0.3 is 15.1 Å². The van der Waals surface area contributed by atoms with Crippen LogP contribution >= 0.6 is 11.8 Å². The van der Waals surface area contributed by atoms with Gasteiger partial charge in [0.25, 0.3) is 0 Å². The van der Waals surface area contributed by atoms with E-state index in [2.05, 4.69) is 75.8 Å². The molecule has 0 saturated carbocycles. The second-order valence-corrected chi connectivity index (χ2v) is 8.50. The Morgan fingerprint density at radius 2 is 1.52 bits per heavy atom. The first kappa shape index (κ1) is 18.3. The van der Waals surface area contributed by atoms with Gasteiger partial charge in [0.1, 0.15) is 5.82 Å². The highest BCUT2D eigenvalue weighted by Gasteiger charge is 2.24. The molecule has 0 aliphatic carbocycles. The zero-order valence-electron chi connectivity index (χ0n) is 16.4. The normalized spacial score (nSPS) is 16.0. The van der Waals surface area contributed by atoms with E-state index in [1.807, 2.05) is 11.8 Å². The van der Waals surface area contributed by atoms with E-state index in [0.717, 1.165) is 56.7 Å². The second kappa shape index (κ2) is 8.33. The summed E-state index contributed by atoms with van der Waals surface area (Å²) in [6.07, 6.45) is 1.03. The summed E-state index contributed by atoms with van der Waals surface area (Å²) in [5, 5.41) is 3.57. The highest BCUT2D eigenvalue weighted by molar-refractivity contribution is 7.99. The summed E-state index contributed by atoms with van der Waals surface area (Å²) >= 11 is 1.87. The monoisotopic (exact) mass is 403 g/mol. The van der Waals surface area contributed by atoms with Gasteiger partial charge in [-0.2, -0.15) is 4.98 Å². The van der Waals surface area contributed by atoms with Gasteiger partial charge in [0.15, 0.2) is 0 Å². The first-order valence-electron chi connectivity index (χ1n) is 10.2. The molecule has 6 heteroatoms. The largest absolute Gasteiger partial charge is 0.368 e. The van der Waals surface area contributed by atoms with Crippen LogP contribution in [0.4, 0.5) is 17.5 Å². The van der Waals surface area contributed by atoms with Crippen molar-refractivity contribution in [1.82, 2.24) is 9.97 Å². The average Bonchev–Trinajstić information content (AvgIpc) is 3.28. The summed E-state index contributed by atoms with van der Waals surface area (Å²) in [6.45, 7) is 4.65. The number of rotatable bonds is 5. The topological polar surface area (TPSA) is 44.3 Å². The number of hydrogen-bond acceptors (Lipinski definition) is 6. The Morgan fingerprint density at radius 1 is 0.828 bits per heavy atom. The number of aromatic nitrogens is 2. The molecule has 0 amide bonds. The third kappa shape index (κ3) is 4.03. The fourth-order valence-electron chi connectivity index (χ4n) is 3.90. The summed E-state index contributed by atoms with van der Waals surface area (Å²) in [6, 6.07) is 21.1. The molecular formula is C23H25N5S. The highest BCUT2D eigenvalue weighted by Crippen LogP contribution is 2.37. The maximum atomic E-state index is 4.95. The lowest BCUT2D eigenvalue weighted by molar-refractivity contribution is 0.637. The van der Waals surface area contributed by atoms with Crippen LogP contribution in [0.25, 0.3) is 0 Å². The molecule has 29 heavy (non-hydrogen) atoms. The van der Waals surface area contributed by atoms with Crippen molar-refractivity contribution < 1.29 is 0 Å². The van der Waals surface area contributed by atoms with Crippen molar-refractivity contribution >= 4 is 29.2 Å². The maximum absolute atomic E-state index is 4.95. The minimum absolute atomic E-state index is 0.784. The van der Waals surface area contributed by atoms with Crippen molar-refractivity contribution in [2.45, 2.75) is 17.9 Å². The first-order valence-corrected chi connectivity index (χ1v) is 11.2. The van der Waals surface area contributed by atoms with E-state index in [1.54, 1.807) is 0 Å². The molecule has 0 spiro atoms. The zero-order chi connectivity index (χ0) is 19.5. The molecule has 148 valence electrons. The summed E-state index contributed by atoms with van der Waals surface area (Å²) in [5.41, 5.74) is 3.76. The van der Waals surface area contributed by atoms with Gasteiger partial charge in [-0.3, -0.25) is 0 Å². The molecule has 1 aromatic heterocycles. The van der Waals surface area contributed by atoms with Gasteiger partial charge in [-0.25, -0.2) is 4.98 Å². The molecule has 1 fully saturated rings. The van der Waals surface area contributed by atoms with Gasteiger partial charge in [-0.15, -0.1) is 11.8 Å². The van der Waals surface area contributed by atoms with Crippen LogP contribution in [0.5, 0.6) is 0 Å². The van der Waals surface area contributed by atoms with E-state index in [1.165, 1.54) is 21.8 Å². The molecule has 0 atom stereocenters. The van der Waals surface area contributed by atoms with E-state index < -0.39 is 0 Å². The summed E-state index contributed by atoms with van der Waals surface area (Å²) in [7, 11) is 0. The maximum Gasteiger partial charge on any atom is 0.227 e. The number of para-hydroxylation sites is 1. The number of anilines is 3. The van der Waals surface area contributed by atoms with Gasteiger partial charge in [-0.1, -0.05) is 48.5 Å². The Labute approximate surface area is 176 Å². The molecule has 5 rings (SSSR count). The molecule has 2 aromatic carbocycles. The van der Waals surface area contributed by atoms with Crippen molar-refractivity contribution in [3.05, 3.63) is 71.9 Å². The van der Waals surface area contributed by atoms with E-state index in [0.29, 0.717) is 0 Å². The standard InChI is InChI=1S/C23H25N5S/c1-3-7-18(8-4-1)17-24-22-21-20(11-16-29-21)25-23(26-22)28-14-12-27(13-15-28)19-9-5-2-6-10-19/h1-10H,11-17H2,(H,24,25,26). The Morgan fingerprint density at radius 3 is 2.28 bits per heavy atom.